The Bertz CT molecular complexity index is 528. The number of halogens is 1. The molecule has 2 rings (SSSR count). The van der Waals surface area contributed by atoms with E-state index in [1.807, 2.05) is 11.0 Å². The molecule has 0 spiro atoms. The van der Waals surface area contributed by atoms with Crippen molar-refractivity contribution < 1.29 is 14.3 Å². The van der Waals surface area contributed by atoms with Gasteiger partial charge in [0.15, 0.2) is 11.5 Å². The second kappa shape index (κ2) is 8.66. The average Bonchev–Trinajstić information content (AvgIpc) is 2.54. The Morgan fingerprint density at radius 1 is 1.32 bits per heavy atom. The molecule has 1 amide bonds. The van der Waals surface area contributed by atoms with Crippen molar-refractivity contribution in [3.8, 4) is 11.5 Å². The van der Waals surface area contributed by atoms with Gasteiger partial charge in [0.05, 0.1) is 14.2 Å². The third kappa shape index (κ3) is 3.93. The molecule has 6 heteroatoms. The first-order valence-corrected chi connectivity index (χ1v) is 7.07. The Hall–Kier alpha value is -1.72. The summed E-state index contributed by atoms with van der Waals surface area (Å²) in [5.74, 6) is 1.27. The summed E-state index contributed by atoms with van der Waals surface area (Å²) in [5.41, 5.74) is 1.54. The number of allylic oxidation sites excluding steroid dienone is 1. The second-order valence-corrected chi connectivity index (χ2v) is 4.91. The molecule has 1 aromatic carbocycles. The van der Waals surface area contributed by atoms with E-state index >= 15 is 0 Å². The van der Waals surface area contributed by atoms with Crippen molar-refractivity contribution in [2.45, 2.75) is 6.42 Å². The zero-order valence-electron chi connectivity index (χ0n) is 13.1. The lowest BCUT2D eigenvalue weighted by Gasteiger charge is -2.28. The van der Waals surface area contributed by atoms with Crippen molar-refractivity contribution in [3.63, 3.8) is 0 Å². The van der Waals surface area contributed by atoms with Crippen LogP contribution in [0.1, 0.15) is 15.9 Å². The normalized spacial score (nSPS) is 14.0. The van der Waals surface area contributed by atoms with Crippen LogP contribution >= 0.6 is 12.4 Å². The highest BCUT2D eigenvalue weighted by Gasteiger charge is 2.21. The van der Waals surface area contributed by atoms with Gasteiger partial charge < -0.3 is 19.7 Å². The third-order valence-electron chi connectivity index (χ3n) is 3.57. The van der Waals surface area contributed by atoms with Gasteiger partial charge in [-0.25, -0.2) is 0 Å². The second-order valence-electron chi connectivity index (χ2n) is 4.91. The van der Waals surface area contributed by atoms with Crippen molar-refractivity contribution in [2.75, 3.05) is 40.4 Å². The number of benzene rings is 1. The molecule has 22 heavy (non-hydrogen) atoms. The fraction of sp³-hybridized carbons (Fsp3) is 0.438. The van der Waals surface area contributed by atoms with Crippen LogP contribution in [0.25, 0.3) is 0 Å². The summed E-state index contributed by atoms with van der Waals surface area (Å²) in [6.07, 6.45) is 2.42. The van der Waals surface area contributed by atoms with E-state index < -0.39 is 0 Å². The maximum atomic E-state index is 12.6. The van der Waals surface area contributed by atoms with Crippen LogP contribution in [0.15, 0.2) is 24.8 Å². The van der Waals surface area contributed by atoms with Crippen LogP contribution in [0.5, 0.6) is 11.5 Å². The molecule has 1 saturated heterocycles. The van der Waals surface area contributed by atoms with E-state index in [4.69, 9.17) is 9.47 Å². The fourth-order valence-electron chi connectivity index (χ4n) is 2.52. The number of ether oxygens (including phenoxy) is 2. The number of amides is 1. The summed E-state index contributed by atoms with van der Waals surface area (Å²) >= 11 is 0. The molecule has 5 nitrogen and oxygen atoms in total. The molecule has 0 aromatic heterocycles. The van der Waals surface area contributed by atoms with Crippen molar-refractivity contribution in [3.05, 3.63) is 35.9 Å². The molecular formula is C16H23ClN2O3. The molecule has 122 valence electrons. The Morgan fingerprint density at radius 3 is 2.55 bits per heavy atom. The van der Waals surface area contributed by atoms with Crippen LogP contribution in [0.3, 0.4) is 0 Å². The highest BCUT2D eigenvalue weighted by atomic mass is 35.5. The van der Waals surface area contributed by atoms with E-state index in [2.05, 4.69) is 11.9 Å². The zero-order valence-corrected chi connectivity index (χ0v) is 13.9. The lowest BCUT2D eigenvalue weighted by atomic mass is 10.0. The van der Waals surface area contributed by atoms with E-state index in [1.54, 1.807) is 26.4 Å². The Kier molecular flexibility index (Phi) is 7.21. The predicted molar refractivity (Wildman–Crippen MR) is 89.5 cm³/mol. The minimum atomic E-state index is 0. The first kappa shape index (κ1) is 18.3. The Morgan fingerprint density at radius 2 is 2.00 bits per heavy atom. The van der Waals surface area contributed by atoms with Crippen LogP contribution in [0.2, 0.25) is 0 Å². The van der Waals surface area contributed by atoms with Crippen molar-refractivity contribution in [2.24, 2.45) is 0 Å². The molecule has 1 aliphatic rings. The number of piperazine rings is 1. The SMILES string of the molecule is C=CCc1cc(C(=O)N2CCNCC2)cc(OC)c1OC.Cl. The van der Waals surface area contributed by atoms with Gasteiger partial charge in [-0.2, -0.15) is 0 Å². The monoisotopic (exact) mass is 326 g/mol. The molecule has 1 fully saturated rings. The van der Waals surface area contributed by atoms with Crippen LogP contribution in [-0.4, -0.2) is 51.2 Å². The van der Waals surface area contributed by atoms with Crippen molar-refractivity contribution >= 4 is 18.3 Å². The van der Waals surface area contributed by atoms with Gasteiger partial charge in [-0.15, -0.1) is 19.0 Å². The summed E-state index contributed by atoms with van der Waals surface area (Å²) in [6, 6.07) is 3.61. The van der Waals surface area contributed by atoms with Crippen LogP contribution in [0.4, 0.5) is 0 Å². The molecule has 0 bridgehead atoms. The molecule has 0 atom stereocenters. The van der Waals surface area contributed by atoms with E-state index in [1.165, 1.54) is 0 Å². The van der Waals surface area contributed by atoms with Gasteiger partial charge in [-0.05, 0) is 18.6 Å². The molecule has 1 aliphatic heterocycles. The van der Waals surface area contributed by atoms with Crippen molar-refractivity contribution in [1.29, 1.82) is 0 Å². The first-order valence-electron chi connectivity index (χ1n) is 7.07. The lowest BCUT2D eigenvalue weighted by molar-refractivity contribution is 0.0735. The van der Waals surface area contributed by atoms with E-state index in [0.29, 0.717) is 23.5 Å². The summed E-state index contributed by atoms with van der Waals surface area (Å²) in [4.78, 5) is 14.5. The van der Waals surface area contributed by atoms with Crippen LogP contribution in [-0.2, 0) is 6.42 Å². The van der Waals surface area contributed by atoms with Gasteiger partial charge in [0.25, 0.3) is 5.91 Å². The number of nitrogens with one attached hydrogen (secondary N) is 1. The number of hydrogen-bond acceptors (Lipinski definition) is 4. The number of hydrogen-bond donors (Lipinski definition) is 1. The van der Waals surface area contributed by atoms with Crippen molar-refractivity contribution in [1.82, 2.24) is 10.2 Å². The molecule has 0 radical (unpaired) electrons. The van der Waals surface area contributed by atoms with Gasteiger partial charge in [0, 0.05) is 37.3 Å². The molecule has 1 N–H and O–H groups in total. The topological polar surface area (TPSA) is 50.8 Å². The number of methoxy groups -OCH3 is 2. The molecule has 1 aromatic rings. The van der Waals surface area contributed by atoms with Crippen LogP contribution < -0.4 is 14.8 Å². The highest BCUT2D eigenvalue weighted by Crippen LogP contribution is 2.33. The van der Waals surface area contributed by atoms with Gasteiger partial charge in [0.1, 0.15) is 0 Å². The zero-order chi connectivity index (χ0) is 15.2. The highest BCUT2D eigenvalue weighted by molar-refractivity contribution is 5.95. The largest absolute Gasteiger partial charge is 0.493 e. The van der Waals surface area contributed by atoms with E-state index in [-0.39, 0.29) is 18.3 Å². The predicted octanol–water partition coefficient (Wildman–Crippen LogP) is 1.90. The van der Waals surface area contributed by atoms with Gasteiger partial charge in [-0.3, -0.25) is 4.79 Å². The number of nitrogens with zero attached hydrogens (tertiary/aromatic N) is 1. The van der Waals surface area contributed by atoms with Crippen LogP contribution in [0, 0.1) is 0 Å². The average molecular weight is 327 g/mol. The number of carbonyl (C=O) groups excluding carboxylic acids is 1. The number of carbonyl (C=O) groups is 1. The lowest BCUT2D eigenvalue weighted by Crippen LogP contribution is -2.46. The minimum absolute atomic E-state index is 0. The number of rotatable bonds is 5. The van der Waals surface area contributed by atoms with Gasteiger partial charge >= 0.3 is 0 Å². The standard InChI is InChI=1S/C16H22N2O3.ClH/c1-4-5-12-10-13(11-14(20-2)15(12)21-3)16(19)18-8-6-17-7-9-18;/h4,10-11,17H,1,5-9H2,2-3H3;1H. The summed E-state index contributed by atoms with van der Waals surface area (Å²) in [7, 11) is 3.18. The summed E-state index contributed by atoms with van der Waals surface area (Å²) in [5, 5.41) is 3.24. The minimum Gasteiger partial charge on any atom is -0.493 e. The fourth-order valence-corrected chi connectivity index (χ4v) is 2.52. The summed E-state index contributed by atoms with van der Waals surface area (Å²) in [6.45, 7) is 6.87. The Labute approximate surface area is 137 Å². The maximum Gasteiger partial charge on any atom is 0.254 e. The smallest absolute Gasteiger partial charge is 0.254 e. The molecule has 0 unspecified atom stereocenters. The van der Waals surface area contributed by atoms with E-state index in [0.717, 1.165) is 31.7 Å². The molecule has 0 aliphatic carbocycles. The molecule has 0 saturated carbocycles. The third-order valence-corrected chi connectivity index (χ3v) is 3.57. The quantitative estimate of drug-likeness (QED) is 0.840. The van der Waals surface area contributed by atoms with Gasteiger partial charge in [0.2, 0.25) is 0 Å². The summed E-state index contributed by atoms with van der Waals surface area (Å²) < 4.78 is 10.8. The van der Waals surface area contributed by atoms with Gasteiger partial charge in [-0.1, -0.05) is 6.08 Å². The molecular weight excluding hydrogens is 304 g/mol. The Balaban J connectivity index is 0.00000242. The molecule has 1 heterocycles. The first-order chi connectivity index (χ1) is 10.2. The van der Waals surface area contributed by atoms with E-state index in [9.17, 15) is 4.79 Å². The maximum absolute atomic E-state index is 12.6.